The molecule has 0 saturated carbocycles. The van der Waals surface area contributed by atoms with Crippen molar-refractivity contribution in [3.05, 3.63) is 11.4 Å². The zero-order valence-corrected chi connectivity index (χ0v) is 11.6. The molecular weight excluding hydrogens is 323 g/mol. The molecule has 0 aliphatic carbocycles. The quantitative estimate of drug-likeness (QED) is 0.655. The Balaban J connectivity index is 0.000000385. The minimum Gasteiger partial charge on any atom is -0.494 e. The standard InChI is InChI=1S/C5H5ClO3S2.ClHO3S/c1-9-4-2-3-10-5(4)11(6,7)8;1-5(2,3)4/h2-3H,1H3;(H,2,3,4). The first-order valence-corrected chi connectivity index (χ1v) is 8.74. The highest BCUT2D eigenvalue weighted by atomic mass is 35.7. The van der Waals surface area contributed by atoms with E-state index in [1.807, 2.05) is 0 Å². The smallest absolute Gasteiger partial charge is 0.353 e. The Bertz CT molecular complexity index is 522. The lowest BCUT2D eigenvalue weighted by Crippen LogP contribution is -1.90. The van der Waals surface area contributed by atoms with Crippen molar-refractivity contribution in [2.75, 3.05) is 7.11 Å². The minimum atomic E-state index is -4.19. The van der Waals surface area contributed by atoms with Crippen LogP contribution in [0.4, 0.5) is 0 Å². The molecule has 0 radical (unpaired) electrons. The van der Waals surface area contributed by atoms with Crippen LogP contribution in [0.15, 0.2) is 15.7 Å². The summed E-state index contributed by atoms with van der Waals surface area (Å²) >= 11 is 1.04. The summed E-state index contributed by atoms with van der Waals surface area (Å²) in [6.07, 6.45) is 0. The van der Waals surface area contributed by atoms with Crippen LogP contribution in [0.3, 0.4) is 0 Å². The summed E-state index contributed by atoms with van der Waals surface area (Å²) in [6, 6.07) is 1.56. The molecule has 1 rings (SSSR count). The molecule has 1 N–H and O–H groups in total. The van der Waals surface area contributed by atoms with Crippen molar-refractivity contribution in [3.63, 3.8) is 0 Å². The number of hydrogen-bond donors (Lipinski definition) is 1. The predicted molar refractivity (Wildman–Crippen MR) is 61.3 cm³/mol. The fourth-order valence-corrected chi connectivity index (χ4v) is 2.77. The Morgan fingerprint density at radius 1 is 1.31 bits per heavy atom. The Kier molecular flexibility index (Phi) is 6.01. The zero-order valence-electron chi connectivity index (χ0n) is 7.62. The fourth-order valence-electron chi connectivity index (χ4n) is 0.613. The van der Waals surface area contributed by atoms with Gasteiger partial charge in [0.1, 0.15) is 5.75 Å². The van der Waals surface area contributed by atoms with E-state index in [2.05, 4.69) is 10.7 Å². The van der Waals surface area contributed by atoms with Crippen LogP contribution in [0.25, 0.3) is 0 Å². The lowest BCUT2D eigenvalue weighted by Gasteiger charge is -1.96. The summed E-state index contributed by atoms with van der Waals surface area (Å²) < 4.78 is 51.5. The molecule has 94 valence electrons. The van der Waals surface area contributed by atoms with E-state index in [9.17, 15) is 8.42 Å². The zero-order chi connectivity index (χ0) is 13.0. The molecule has 0 bridgehead atoms. The Morgan fingerprint density at radius 2 is 1.75 bits per heavy atom. The van der Waals surface area contributed by atoms with Gasteiger partial charge in [0.15, 0.2) is 4.21 Å². The van der Waals surface area contributed by atoms with Gasteiger partial charge in [-0.25, -0.2) is 8.42 Å². The largest absolute Gasteiger partial charge is 0.494 e. The van der Waals surface area contributed by atoms with Crippen LogP contribution in [0, 0.1) is 0 Å². The second kappa shape index (κ2) is 6.03. The molecule has 1 aromatic heterocycles. The molecule has 0 fully saturated rings. The highest BCUT2D eigenvalue weighted by Gasteiger charge is 2.17. The molecule has 11 heteroatoms. The average molecular weight is 329 g/mol. The lowest BCUT2D eigenvalue weighted by molar-refractivity contribution is 0.407. The molecule has 0 atom stereocenters. The maximum absolute atomic E-state index is 10.8. The van der Waals surface area contributed by atoms with Gasteiger partial charge < -0.3 is 4.74 Å². The number of methoxy groups -OCH3 is 1. The van der Waals surface area contributed by atoms with Crippen molar-refractivity contribution >= 4 is 51.1 Å². The summed E-state index contributed by atoms with van der Waals surface area (Å²) in [5, 5.41) is 1.61. The van der Waals surface area contributed by atoms with Gasteiger partial charge in [0, 0.05) is 21.4 Å². The van der Waals surface area contributed by atoms with Gasteiger partial charge >= 0.3 is 9.33 Å². The van der Waals surface area contributed by atoms with Gasteiger partial charge in [0.25, 0.3) is 9.05 Å². The predicted octanol–water partition coefficient (Wildman–Crippen LogP) is 1.71. The monoisotopic (exact) mass is 328 g/mol. The van der Waals surface area contributed by atoms with Gasteiger partial charge in [-0.05, 0) is 11.4 Å². The molecule has 0 aliphatic heterocycles. The van der Waals surface area contributed by atoms with Gasteiger partial charge in [0.05, 0.1) is 7.11 Å². The molecule has 0 spiro atoms. The Morgan fingerprint density at radius 3 is 2.00 bits per heavy atom. The van der Waals surface area contributed by atoms with Gasteiger partial charge in [-0.3, -0.25) is 4.55 Å². The van der Waals surface area contributed by atoms with Crippen LogP contribution in [0.5, 0.6) is 5.75 Å². The first-order valence-electron chi connectivity index (χ1n) is 3.29. The maximum Gasteiger partial charge on any atom is 0.353 e. The number of ether oxygens (including phenoxy) is 1. The Hall–Kier alpha value is -0.0600. The van der Waals surface area contributed by atoms with Crippen molar-refractivity contribution in [2.24, 2.45) is 0 Å². The molecule has 0 unspecified atom stereocenters. The average Bonchev–Trinajstić information content (AvgIpc) is 2.46. The topological polar surface area (TPSA) is 97.7 Å². The molecule has 6 nitrogen and oxygen atoms in total. The molecule has 0 aliphatic rings. The first kappa shape index (κ1) is 15.9. The van der Waals surface area contributed by atoms with Crippen LogP contribution in [0.2, 0.25) is 0 Å². The van der Waals surface area contributed by atoms with E-state index in [4.69, 9.17) is 28.4 Å². The van der Waals surface area contributed by atoms with E-state index >= 15 is 0 Å². The minimum absolute atomic E-state index is 0.0571. The third kappa shape index (κ3) is 7.25. The van der Waals surface area contributed by atoms with Crippen LogP contribution in [-0.2, 0) is 18.4 Å². The van der Waals surface area contributed by atoms with Crippen LogP contribution in [0.1, 0.15) is 0 Å². The molecule has 0 saturated heterocycles. The maximum atomic E-state index is 10.8. The van der Waals surface area contributed by atoms with Crippen molar-refractivity contribution in [1.82, 2.24) is 0 Å². The van der Waals surface area contributed by atoms with Crippen LogP contribution in [-0.4, -0.2) is 28.5 Å². The SMILES string of the molecule is COc1ccsc1S(=O)(=O)Cl.O=S(=O)(O)Cl. The van der Waals surface area contributed by atoms with Gasteiger partial charge in [-0.1, -0.05) is 0 Å². The van der Waals surface area contributed by atoms with Gasteiger partial charge in [0.2, 0.25) is 0 Å². The van der Waals surface area contributed by atoms with E-state index < -0.39 is 18.4 Å². The molecule has 16 heavy (non-hydrogen) atoms. The van der Waals surface area contributed by atoms with Crippen LogP contribution >= 0.6 is 32.7 Å². The highest BCUT2D eigenvalue weighted by molar-refractivity contribution is 8.15. The van der Waals surface area contributed by atoms with Gasteiger partial charge in [-0.15, -0.1) is 11.3 Å². The molecule has 0 amide bonds. The molecular formula is C5H6Cl2O6S3. The van der Waals surface area contributed by atoms with Gasteiger partial charge in [-0.2, -0.15) is 8.42 Å². The fraction of sp³-hybridized carbons (Fsp3) is 0.200. The van der Waals surface area contributed by atoms with E-state index in [0.29, 0.717) is 5.75 Å². The number of halogens is 2. The molecule has 1 aromatic rings. The van der Waals surface area contributed by atoms with Crippen molar-refractivity contribution in [3.8, 4) is 5.75 Å². The highest BCUT2D eigenvalue weighted by Crippen LogP contribution is 2.31. The third-order valence-corrected chi connectivity index (χ3v) is 4.05. The third-order valence-electron chi connectivity index (χ3n) is 1.04. The van der Waals surface area contributed by atoms with Crippen molar-refractivity contribution in [2.45, 2.75) is 4.21 Å². The second-order valence-corrected chi connectivity index (χ2v) is 7.80. The van der Waals surface area contributed by atoms with Crippen LogP contribution < -0.4 is 4.74 Å². The summed E-state index contributed by atoms with van der Waals surface area (Å²) in [5.41, 5.74) is 0. The summed E-state index contributed by atoms with van der Waals surface area (Å²) in [4.78, 5) is 0. The number of hydrogen-bond acceptors (Lipinski definition) is 6. The first-order chi connectivity index (χ1) is 7.05. The normalized spacial score (nSPS) is 11.5. The van der Waals surface area contributed by atoms with Crippen molar-refractivity contribution in [1.29, 1.82) is 0 Å². The molecule has 1 heterocycles. The summed E-state index contributed by atoms with van der Waals surface area (Å²) in [6.45, 7) is 0. The second-order valence-electron chi connectivity index (χ2n) is 2.13. The van der Waals surface area contributed by atoms with E-state index in [0.717, 1.165) is 11.3 Å². The summed E-state index contributed by atoms with van der Waals surface area (Å²) in [5.74, 6) is 0.296. The number of rotatable bonds is 2. The van der Waals surface area contributed by atoms with Crippen molar-refractivity contribution < 1.29 is 26.1 Å². The lowest BCUT2D eigenvalue weighted by atomic mass is 10.6. The van der Waals surface area contributed by atoms with E-state index in [1.54, 1.807) is 11.4 Å². The van der Waals surface area contributed by atoms with E-state index in [1.165, 1.54) is 7.11 Å². The summed E-state index contributed by atoms with van der Waals surface area (Å²) in [7, 11) is 2.71. The van der Waals surface area contributed by atoms with E-state index in [-0.39, 0.29) is 4.21 Å². The number of thiophene rings is 1. The Labute approximate surface area is 105 Å². The molecule has 0 aromatic carbocycles.